The Bertz CT molecular complexity index is 560. The molecule has 196 valence electrons. The van der Waals surface area contributed by atoms with Gasteiger partial charge >= 0.3 is 0 Å². The minimum atomic E-state index is -0.295. The average Bonchev–Trinajstić information content (AvgIpc) is 2.84. The van der Waals surface area contributed by atoms with Crippen molar-refractivity contribution in [1.29, 1.82) is 0 Å². The van der Waals surface area contributed by atoms with Crippen molar-refractivity contribution in [2.45, 2.75) is 154 Å². The number of ether oxygens (including phenoxy) is 1. The normalized spacial score (nSPS) is 12.2. The lowest BCUT2D eigenvalue weighted by atomic mass is 10.0. The van der Waals surface area contributed by atoms with Gasteiger partial charge in [0.2, 0.25) is 5.24 Å². The Labute approximate surface area is 216 Å². The third-order valence-electron chi connectivity index (χ3n) is 6.85. The van der Waals surface area contributed by atoms with E-state index in [9.17, 15) is 4.79 Å². The molecule has 34 heavy (non-hydrogen) atoms. The minimum absolute atomic E-state index is 0.0593. The molecule has 0 amide bonds. The van der Waals surface area contributed by atoms with E-state index in [4.69, 9.17) is 16.3 Å². The van der Waals surface area contributed by atoms with Crippen molar-refractivity contribution < 1.29 is 9.53 Å². The molecule has 1 aromatic rings. The Kier molecular flexibility index (Phi) is 21.9. The van der Waals surface area contributed by atoms with Gasteiger partial charge in [-0.1, -0.05) is 159 Å². The molecular weight excluding hydrogens is 440 g/mol. The lowest BCUT2D eigenvalue weighted by Gasteiger charge is -2.16. The van der Waals surface area contributed by atoms with Crippen molar-refractivity contribution in [2.75, 3.05) is 0 Å². The van der Waals surface area contributed by atoms with Crippen molar-refractivity contribution in [3.05, 3.63) is 35.9 Å². The predicted molar refractivity (Wildman–Crippen MR) is 149 cm³/mol. The summed E-state index contributed by atoms with van der Waals surface area (Å²) >= 11 is 5.63. The van der Waals surface area contributed by atoms with Crippen molar-refractivity contribution in [2.24, 2.45) is 0 Å². The lowest BCUT2D eigenvalue weighted by Crippen LogP contribution is -2.15. The Morgan fingerprint density at radius 2 is 1.09 bits per heavy atom. The molecule has 3 heteroatoms. The molecule has 0 saturated carbocycles. The molecule has 0 aliphatic rings. The molecule has 0 heterocycles. The maximum atomic E-state index is 11.4. The van der Waals surface area contributed by atoms with Crippen LogP contribution in [0.3, 0.4) is 0 Å². The molecule has 0 fully saturated rings. The van der Waals surface area contributed by atoms with Crippen molar-refractivity contribution >= 4 is 16.8 Å². The molecule has 0 unspecified atom stereocenters. The molecule has 0 N–H and O–H groups in total. The van der Waals surface area contributed by atoms with Crippen molar-refractivity contribution in [3.8, 4) is 0 Å². The summed E-state index contributed by atoms with van der Waals surface area (Å²) in [6.45, 7) is 2.84. The van der Waals surface area contributed by atoms with Crippen LogP contribution in [0, 0.1) is 0 Å². The van der Waals surface area contributed by atoms with Crippen LogP contribution < -0.4 is 0 Å². The molecule has 0 bridgehead atoms. The van der Waals surface area contributed by atoms with Crippen LogP contribution in [0.2, 0.25) is 0 Å². The van der Waals surface area contributed by atoms with Crippen LogP contribution in [-0.2, 0) is 16.1 Å². The summed E-state index contributed by atoms with van der Waals surface area (Å²) in [4.78, 5) is 11.4. The molecule has 1 rings (SSSR count). The van der Waals surface area contributed by atoms with E-state index < -0.39 is 0 Å². The third-order valence-corrected chi connectivity index (χ3v) is 7.00. The Hall–Kier alpha value is -0.860. The first-order chi connectivity index (χ1) is 16.7. The first-order valence-corrected chi connectivity index (χ1v) is 14.9. The fourth-order valence-corrected chi connectivity index (χ4v) is 4.83. The molecule has 1 aromatic carbocycles. The van der Waals surface area contributed by atoms with E-state index in [1.165, 1.54) is 116 Å². The smallest absolute Gasteiger partial charge is 0.224 e. The first kappa shape index (κ1) is 31.2. The van der Waals surface area contributed by atoms with Crippen LogP contribution in [0.4, 0.5) is 0 Å². The number of rotatable bonds is 25. The summed E-state index contributed by atoms with van der Waals surface area (Å²) in [6, 6.07) is 10.1. The van der Waals surface area contributed by atoms with Gasteiger partial charge in [0.25, 0.3) is 0 Å². The molecule has 0 aliphatic carbocycles. The second-order valence-electron chi connectivity index (χ2n) is 10.1. The van der Waals surface area contributed by atoms with E-state index in [0.717, 1.165) is 18.4 Å². The SMILES string of the molecule is CCCCCCCCCCCCCCCCCCCCC[C@H](CC(=O)Cl)OCc1ccccc1. The van der Waals surface area contributed by atoms with Crippen LogP contribution in [0.15, 0.2) is 30.3 Å². The molecule has 1 atom stereocenters. The largest absolute Gasteiger partial charge is 0.373 e. The monoisotopic (exact) mass is 492 g/mol. The highest BCUT2D eigenvalue weighted by Crippen LogP contribution is 2.17. The van der Waals surface area contributed by atoms with Gasteiger partial charge in [0, 0.05) is 6.42 Å². The Balaban J connectivity index is 1.86. The molecular formula is C31H53ClO2. The van der Waals surface area contributed by atoms with Gasteiger partial charge in [-0.2, -0.15) is 0 Å². The van der Waals surface area contributed by atoms with E-state index >= 15 is 0 Å². The van der Waals surface area contributed by atoms with Gasteiger partial charge in [0.1, 0.15) is 0 Å². The number of carbonyl (C=O) groups excluding carboxylic acids is 1. The fraction of sp³-hybridized carbons (Fsp3) is 0.774. The van der Waals surface area contributed by atoms with Crippen LogP contribution in [0.5, 0.6) is 0 Å². The highest BCUT2D eigenvalue weighted by atomic mass is 35.5. The Morgan fingerprint density at radius 3 is 1.50 bits per heavy atom. The lowest BCUT2D eigenvalue weighted by molar-refractivity contribution is -0.114. The quantitative estimate of drug-likeness (QED) is 0.100. The molecule has 0 aliphatic heterocycles. The summed E-state index contributed by atoms with van der Waals surface area (Å²) in [5, 5.41) is -0.295. The second kappa shape index (κ2) is 23.9. The topological polar surface area (TPSA) is 26.3 Å². The molecule has 0 saturated heterocycles. The third kappa shape index (κ3) is 20.5. The van der Waals surface area contributed by atoms with E-state index in [1.54, 1.807) is 0 Å². The van der Waals surface area contributed by atoms with E-state index in [-0.39, 0.29) is 11.3 Å². The minimum Gasteiger partial charge on any atom is -0.373 e. The van der Waals surface area contributed by atoms with Gasteiger partial charge in [-0.3, -0.25) is 4.79 Å². The highest BCUT2D eigenvalue weighted by molar-refractivity contribution is 6.63. The maximum Gasteiger partial charge on any atom is 0.224 e. The maximum absolute atomic E-state index is 11.4. The zero-order valence-electron chi connectivity index (χ0n) is 22.2. The molecule has 0 spiro atoms. The van der Waals surface area contributed by atoms with Gasteiger partial charge in [0.05, 0.1) is 12.7 Å². The number of carbonyl (C=O) groups is 1. The summed E-state index contributed by atoms with van der Waals surface area (Å²) in [7, 11) is 0. The van der Waals surface area contributed by atoms with Gasteiger partial charge in [0.15, 0.2) is 0 Å². The van der Waals surface area contributed by atoms with E-state index in [1.807, 2.05) is 18.2 Å². The number of benzene rings is 1. The second-order valence-corrected chi connectivity index (χ2v) is 10.6. The first-order valence-electron chi connectivity index (χ1n) is 14.6. The zero-order chi connectivity index (χ0) is 24.5. The van der Waals surface area contributed by atoms with Crippen molar-refractivity contribution in [1.82, 2.24) is 0 Å². The molecule has 2 nitrogen and oxygen atoms in total. The number of hydrogen-bond donors (Lipinski definition) is 0. The zero-order valence-corrected chi connectivity index (χ0v) is 23.0. The molecule has 0 aromatic heterocycles. The van der Waals surface area contributed by atoms with E-state index in [0.29, 0.717) is 13.0 Å². The fourth-order valence-electron chi connectivity index (χ4n) is 4.66. The van der Waals surface area contributed by atoms with Gasteiger partial charge in [-0.15, -0.1) is 0 Å². The van der Waals surface area contributed by atoms with Crippen LogP contribution in [0.25, 0.3) is 0 Å². The van der Waals surface area contributed by atoms with Crippen LogP contribution >= 0.6 is 11.6 Å². The van der Waals surface area contributed by atoms with Gasteiger partial charge < -0.3 is 4.74 Å². The number of hydrogen-bond acceptors (Lipinski definition) is 2. The van der Waals surface area contributed by atoms with Crippen molar-refractivity contribution in [3.63, 3.8) is 0 Å². The summed E-state index contributed by atoms with van der Waals surface area (Å²) in [6.07, 6.45) is 27.5. The highest BCUT2D eigenvalue weighted by Gasteiger charge is 2.13. The van der Waals surface area contributed by atoms with Crippen LogP contribution in [0.1, 0.15) is 147 Å². The predicted octanol–water partition coefficient (Wildman–Crippen LogP) is 10.5. The summed E-state index contributed by atoms with van der Waals surface area (Å²) in [5.74, 6) is 0. The summed E-state index contributed by atoms with van der Waals surface area (Å²) in [5.41, 5.74) is 1.14. The number of halogens is 1. The van der Waals surface area contributed by atoms with Crippen LogP contribution in [-0.4, -0.2) is 11.3 Å². The van der Waals surface area contributed by atoms with Gasteiger partial charge in [-0.05, 0) is 23.6 Å². The standard InChI is InChI=1S/C31H53ClO2/c1-2-3-4-5-6-7-8-9-10-11-12-13-14-15-16-17-18-19-23-26-30(27-31(32)33)34-28-29-24-21-20-22-25-29/h20-22,24-25,30H,2-19,23,26-28H2,1H3/t30-/m1/s1. The Morgan fingerprint density at radius 1 is 0.676 bits per heavy atom. The van der Waals surface area contributed by atoms with E-state index in [2.05, 4.69) is 19.1 Å². The molecule has 0 radical (unpaired) electrons. The van der Waals surface area contributed by atoms with Gasteiger partial charge in [-0.25, -0.2) is 0 Å². The number of unbranched alkanes of at least 4 members (excludes halogenated alkanes) is 18. The average molecular weight is 493 g/mol. The summed E-state index contributed by atoms with van der Waals surface area (Å²) < 4.78 is 5.97.